The molecule has 1 aromatic carbocycles. The quantitative estimate of drug-likeness (QED) is 0.541. The number of anilines is 1. The lowest BCUT2D eigenvalue weighted by atomic mass is 10.2. The van der Waals surface area contributed by atoms with E-state index in [2.05, 4.69) is 15.3 Å². The summed E-state index contributed by atoms with van der Waals surface area (Å²) in [5.74, 6) is -0.665. The van der Waals surface area contributed by atoms with Gasteiger partial charge in [0.2, 0.25) is 11.8 Å². The molecule has 8 heteroatoms. The third-order valence-corrected chi connectivity index (χ3v) is 4.22. The van der Waals surface area contributed by atoms with E-state index in [1.807, 2.05) is 6.92 Å². The maximum atomic E-state index is 12.0. The summed E-state index contributed by atoms with van der Waals surface area (Å²) in [5, 5.41) is 3.11. The first-order chi connectivity index (χ1) is 11.4. The fourth-order valence-electron chi connectivity index (χ4n) is 2.12. The highest BCUT2D eigenvalue weighted by Gasteiger charge is 2.09. The van der Waals surface area contributed by atoms with Gasteiger partial charge in [-0.25, -0.2) is 4.98 Å². The Labute approximate surface area is 143 Å². The Morgan fingerprint density at radius 2 is 1.96 bits per heavy atom. The molecule has 0 saturated carbocycles. The Balaban J connectivity index is 1.96. The number of hydrogen-bond donors (Lipinski definition) is 3. The van der Waals surface area contributed by atoms with Crippen LogP contribution in [0.3, 0.4) is 0 Å². The van der Waals surface area contributed by atoms with Crippen molar-refractivity contribution >= 4 is 29.3 Å². The van der Waals surface area contributed by atoms with Crippen molar-refractivity contribution in [1.82, 2.24) is 9.97 Å². The van der Waals surface area contributed by atoms with E-state index >= 15 is 0 Å². The lowest BCUT2D eigenvalue weighted by Crippen LogP contribution is -2.18. The molecule has 0 unspecified atom stereocenters. The maximum absolute atomic E-state index is 12.0. The summed E-state index contributed by atoms with van der Waals surface area (Å²) in [6.45, 7) is 3.67. The lowest BCUT2D eigenvalue weighted by Gasteiger charge is -2.07. The van der Waals surface area contributed by atoms with Crippen LogP contribution >= 0.6 is 11.8 Å². The molecule has 0 fully saturated rings. The molecule has 2 amide bonds. The molecule has 7 nitrogen and oxygen atoms in total. The van der Waals surface area contributed by atoms with Gasteiger partial charge in [-0.2, -0.15) is 0 Å². The smallest absolute Gasteiger partial charge is 0.254 e. The highest BCUT2D eigenvalue weighted by atomic mass is 32.2. The standard InChI is InChI=1S/C16H18N4O3S/c1-3-12-9(2)18-16(20-15(12)23)24-8-13(21)19-11-6-4-10(5-7-11)14(17)22/h4-7H,3,8H2,1-2H3,(H2,17,22)(H,19,21)(H,18,20,23). The van der Waals surface area contributed by atoms with Gasteiger partial charge in [-0.15, -0.1) is 0 Å². The molecule has 0 bridgehead atoms. The second-order valence-electron chi connectivity index (χ2n) is 5.07. The van der Waals surface area contributed by atoms with Crippen LogP contribution in [0, 0.1) is 6.92 Å². The number of nitrogens with zero attached hydrogens (tertiary/aromatic N) is 1. The van der Waals surface area contributed by atoms with Gasteiger partial charge < -0.3 is 16.0 Å². The Hall–Kier alpha value is -2.61. The van der Waals surface area contributed by atoms with Crippen LogP contribution in [0.4, 0.5) is 5.69 Å². The number of benzene rings is 1. The highest BCUT2D eigenvalue weighted by Crippen LogP contribution is 2.14. The summed E-state index contributed by atoms with van der Waals surface area (Å²) in [6, 6.07) is 6.28. The van der Waals surface area contributed by atoms with E-state index < -0.39 is 5.91 Å². The van der Waals surface area contributed by atoms with Crippen molar-refractivity contribution in [2.45, 2.75) is 25.4 Å². The van der Waals surface area contributed by atoms with Crippen LogP contribution in [0.5, 0.6) is 0 Å². The number of hydrogen-bond acceptors (Lipinski definition) is 5. The molecule has 24 heavy (non-hydrogen) atoms. The van der Waals surface area contributed by atoms with Crippen molar-refractivity contribution in [3.8, 4) is 0 Å². The first kappa shape index (κ1) is 17.7. The van der Waals surface area contributed by atoms with Crippen LogP contribution in [0.25, 0.3) is 0 Å². The summed E-state index contributed by atoms with van der Waals surface area (Å²) in [4.78, 5) is 41.8. The minimum Gasteiger partial charge on any atom is -0.366 e. The van der Waals surface area contributed by atoms with Crippen molar-refractivity contribution in [2.75, 3.05) is 11.1 Å². The van der Waals surface area contributed by atoms with E-state index in [9.17, 15) is 14.4 Å². The molecule has 0 radical (unpaired) electrons. The van der Waals surface area contributed by atoms with Crippen LogP contribution in [0.2, 0.25) is 0 Å². The van der Waals surface area contributed by atoms with Gasteiger partial charge in [0.05, 0.1) is 5.75 Å². The van der Waals surface area contributed by atoms with E-state index in [4.69, 9.17) is 5.73 Å². The molecule has 0 aliphatic rings. The minimum absolute atomic E-state index is 0.103. The monoisotopic (exact) mass is 346 g/mol. The van der Waals surface area contributed by atoms with Crippen LogP contribution in [0.1, 0.15) is 28.5 Å². The van der Waals surface area contributed by atoms with Crippen LogP contribution < -0.4 is 16.6 Å². The Kier molecular flexibility index (Phi) is 5.75. The molecule has 0 aliphatic heterocycles. The van der Waals surface area contributed by atoms with Crippen molar-refractivity contribution in [2.24, 2.45) is 5.73 Å². The van der Waals surface area contributed by atoms with Crippen LogP contribution in [0.15, 0.2) is 34.2 Å². The fraction of sp³-hybridized carbons (Fsp3) is 0.250. The molecule has 0 saturated heterocycles. The van der Waals surface area contributed by atoms with E-state index in [0.717, 1.165) is 11.8 Å². The molecule has 0 aliphatic carbocycles. The normalized spacial score (nSPS) is 10.4. The van der Waals surface area contributed by atoms with Gasteiger partial charge in [-0.3, -0.25) is 14.4 Å². The number of thioether (sulfide) groups is 1. The molecule has 1 heterocycles. The number of amides is 2. The zero-order chi connectivity index (χ0) is 17.7. The molecule has 2 aromatic rings. The van der Waals surface area contributed by atoms with E-state index in [1.165, 1.54) is 12.1 Å². The average Bonchev–Trinajstić information content (AvgIpc) is 2.53. The van der Waals surface area contributed by atoms with Gasteiger partial charge >= 0.3 is 0 Å². The summed E-state index contributed by atoms with van der Waals surface area (Å²) in [5.41, 5.74) is 7.24. The van der Waals surface area contributed by atoms with E-state index in [-0.39, 0.29) is 17.2 Å². The Morgan fingerprint density at radius 1 is 1.29 bits per heavy atom. The predicted octanol–water partition coefficient (Wildman–Crippen LogP) is 1.47. The van der Waals surface area contributed by atoms with Gasteiger partial charge in [-0.1, -0.05) is 18.7 Å². The molecule has 4 N–H and O–H groups in total. The zero-order valence-corrected chi connectivity index (χ0v) is 14.2. The Morgan fingerprint density at radius 3 is 2.50 bits per heavy atom. The third kappa shape index (κ3) is 4.45. The van der Waals surface area contributed by atoms with Gasteiger partial charge in [0.1, 0.15) is 0 Å². The molecular weight excluding hydrogens is 328 g/mol. The SMILES string of the molecule is CCc1c(C)nc(SCC(=O)Nc2ccc(C(N)=O)cc2)[nH]c1=O. The molecule has 2 rings (SSSR count). The summed E-state index contributed by atoms with van der Waals surface area (Å²) < 4.78 is 0. The van der Waals surface area contributed by atoms with E-state index in [0.29, 0.717) is 34.1 Å². The number of rotatable bonds is 6. The summed E-state index contributed by atoms with van der Waals surface area (Å²) in [7, 11) is 0. The highest BCUT2D eigenvalue weighted by molar-refractivity contribution is 7.99. The number of nitrogens with one attached hydrogen (secondary N) is 2. The van der Waals surface area contributed by atoms with Gasteiger partial charge in [0.25, 0.3) is 5.56 Å². The van der Waals surface area contributed by atoms with Crippen molar-refractivity contribution in [1.29, 1.82) is 0 Å². The lowest BCUT2D eigenvalue weighted by molar-refractivity contribution is -0.113. The van der Waals surface area contributed by atoms with Gasteiger partial charge in [0.15, 0.2) is 5.16 Å². The number of aryl methyl sites for hydroxylation is 1. The number of carbonyl (C=O) groups excluding carboxylic acids is 2. The maximum Gasteiger partial charge on any atom is 0.254 e. The zero-order valence-electron chi connectivity index (χ0n) is 13.4. The summed E-state index contributed by atoms with van der Waals surface area (Å²) in [6.07, 6.45) is 0.612. The molecule has 0 spiro atoms. The number of aromatic amines is 1. The molecule has 0 atom stereocenters. The van der Waals surface area contributed by atoms with Crippen molar-refractivity contribution < 1.29 is 9.59 Å². The third-order valence-electron chi connectivity index (χ3n) is 3.35. The van der Waals surface area contributed by atoms with Gasteiger partial charge in [-0.05, 0) is 37.6 Å². The fourth-order valence-corrected chi connectivity index (χ4v) is 2.82. The number of nitrogens with two attached hydrogens (primary N) is 1. The van der Waals surface area contributed by atoms with Crippen molar-refractivity contribution in [3.05, 3.63) is 51.4 Å². The van der Waals surface area contributed by atoms with E-state index in [1.54, 1.807) is 19.1 Å². The molecule has 126 valence electrons. The predicted molar refractivity (Wildman–Crippen MR) is 93.3 cm³/mol. The second kappa shape index (κ2) is 7.78. The van der Waals surface area contributed by atoms with Crippen molar-refractivity contribution in [3.63, 3.8) is 0 Å². The number of H-pyrrole nitrogens is 1. The first-order valence-corrected chi connectivity index (χ1v) is 8.31. The van der Waals surface area contributed by atoms with Gasteiger partial charge in [0, 0.05) is 22.5 Å². The van der Waals surface area contributed by atoms with Crippen LogP contribution in [-0.2, 0) is 11.2 Å². The topological polar surface area (TPSA) is 118 Å². The summed E-state index contributed by atoms with van der Waals surface area (Å²) >= 11 is 1.15. The Bertz CT molecular complexity index is 815. The molecular formula is C16H18N4O3S. The minimum atomic E-state index is -0.524. The second-order valence-corrected chi connectivity index (χ2v) is 6.03. The first-order valence-electron chi connectivity index (χ1n) is 7.33. The number of aromatic nitrogens is 2. The van der Waals surface area contributed by atoms with Crippen LogP contribution in [-0.4, -0.2) is 27.5 Å². The number of carbonyl (C=O) groups is 2. The largest absolute Gasteiger partial charge is 0.366 e. The average molecular weight is 346 g/mol. The number of primary amides is 1. The molecule has 1 aromatic heterocycles.